The Kier molecular flexibility index (Phi) is 6.50. The van der Waals surface area contributed by atoms with Gasteiger partial charge >= 0.3 is 5.97 Å². The van der Waals surface area contributed by atoms with E-state index in [1.165, 1.54) is 19.3 Å². The van der Waals surface area contributed by atoms with Gasteiger partial charge in [0.2, 0.25) is 0 Å². The maximum absolute atomic E-state index is 11.4. The van der Waals surface area contributed by atoms with Crippen LogP contribution in [0.15, 0.2) is 0 Å². The Morgan fingerprint density at radius 3 is 2.50 bits per heavy atom. The minimum Gasteiger partial charge on any atom is -0.481 e. The Hall–Kier alpha value is -0.570. The SMILES string of the molecule is CCCCC(CC)NC1CCC(C(=O)O)C(C)(C)C1C. The Morgan fingerprint density at radius 1 is 1.35 bits per heavy atom. The van der Waals surface area contributed by atoms with E-state index in [0.717, 1.165) is 19.3 Å². The third kappa shape index (κ3) is 3.97. The van der Waals surface area contributed by atoms with Gasteiger partial charge in [-0.1, -0.05) is 47.5 Å². The smallest absolute Gasteiger partial charge is 0.307 e. The summed E-state index contributed by atoms with van der Waals surface area (Å²) < 4.78 is 0. The van der Waals surface area contributed by atoms with Crippen molar-refractivity contribution in [3.8, 4) is 0 Å². The van der Waals surface area contributed by atoms with Crippen molar-refractivity contribution < 1.29 is 9.90 Å². The van der Waals surface area contributed by atoms with Crippen LogP contribution >= 0.6 is 0 Å². The van der Waals surface area contributed by atoms with Gasteiger partial charge in [-0.2, -0.15) is 0 Å². The molecule has 1 aliphatic carbocycles. The molecule has 0 saturated heterocycles. The Morgan fingerprint density at radius 2 is 2.00 bits per heavy atom. The van der Waals surface area contributed by atoms with E-state index in [1.54, 1.807) is 0 Å². The van der Waals surface area contributed by atoms with Gasteiger partial charge in [0.1, 0.15) is 0 Å². The standard InChI is InChI=1S/C17H33NO2/c1-6-8-9-13(7-2)18-15-11-10-14(16(19)20)17(4,5)12(15)3/h12-15,18H,6-11H2,1-5H3,(H,19,20). The lowest BCUT2D eigenvalue weighted by molar-refractivity contribution is -0.150. The van der Waals surface area contributed by atoms with E-state index in [4.69, 9.17) is 0 Å². The quantitative estimate of drug-likeness (QED) is 0.740. The Labute approximate surface area is 124 Å². The number of carboxylic acids is 1. The summed E-state index contributed by atoms with van der Waals surface area (Å²) in [7, 11) is 0. The van der Waals surface area contributed by atoms with E-state index in [1.807, 2.05) is 0 Å². The number of hydrogen-bond donors (Lipinski definition) is 2. The average Bonchev–Trinajstić information content (AvgIpc) is 2.38. The number of rotatable bonds is 7. The van der Waals surface area contributed by atoms with Gasteiger partial charge in [-0.3, -0.25) is 4.79 Å². The molecule has 0 amide bonds. The summed E-state index contributed by atoms with van der Waals surface area (Å²) in [6, 6.07) is 1.04. The van der Waals surface area contributed by atoms with Crippen molar-refractivity contribution in [2.24, 2.45) is 17.3 Å². The summed E-state index contributed by atoms with van der Waals surface area (Å²) in [4.78, 5) is 11.4. The zero-order valence-electron chi connectivity index (χ0n) is 13.9. The van der Waals surface area contributed by atoms with Gasteiger partial charge in [-0.25, -0.2) is 0 Å². The van der Waals surface area contributed by atoms with Gasteiger partial charge in [0.15, 0.2) is 0 Å². The molecule has 20 heavy (non-hydrogen) atoms. The highest BCUT2D eigenvalue weighted by Crippen LogP contribution is 2.45. The van der Waals surface area contributed by atoms with Gasteiger partial charge in [-0.05, 0) is 37.0 Å². The number of carbonyl (C=O) groups is 1. The molecule has 3 heteroatoms. The molecule has 1 fully saturated rings. The van der Waals surface area contributed by atoms with Crippen LogP contribution in [0.2, 0.25) is 0 Å². The number of hydrogen-bond acceptors (Lipinski definition) is 2. The van der Waals surface area contributed by atoms with Gasteiger partial charge in [0.05, 0.1) is 5.92 Å². The predicted molar refractivity (Wildman–Crippen MR) is 83.8 cm³/mol. The van der Waals surface area contributed by atoms with Crippen LogP contribution in [0.5, 0.6) is 0 Å². The molecule has 0 aromatic heterocycles. The summed E-state index contributed by atoms with van der Waals surface area (Å²) in [5.41, 5.74) is -0.134. The molecule has 0 heterocycles. The molecule has 0 aromatic rings. The largest absolute Gasteiger partial charge is 0.481 e. The zero-order valence-corrected chi connectivity index (χ0v) is 13.9. The van der Waals surface area contributed by atoms with Crippen LogP contribution in [-0.4, -0.2) is 23.2 Å². The number of unbranched alkanes of at least 4 members (excludes halogenated alkanes) is 1. The van der Waals surface area contributed by atoms with Gasteiger partial charge in [0.25, 0.3) is 0 Å². The highest BCUT2D eigenvalue weighted by atomic mass is 16.4. The fourth-order valence-corrected chi connectivity index (χ4v) is 3.63. The molecule has 118 valence electrons. The molecule has 0 aliphatic heterocycles. The van der Waals surface area contributed by atoms with Crippen molar-refractivity contribution in [3.05, 3.63) is 0 Å². The highest BCUT2D eigenvalue weighted by Gasteiger charge is 2.46. The van der Waals surface area contributed by atoms with Crippen molar-refractivity contribution in [2.75, 3.05) is 0 Å². The van der Waals surface area contributed by atoms with E-state index in [0.29, 0.717) is 18.0 Å². The minimum atomic E-state index is -0.627. The third-order valence-electron chi connectivity index (χ3n) is 5.59. The summed E-state index contributed by atoms with van der Waals surface area (Å²) in [6.07, 6.45) is 6.70. The molecule has 2 N–H and O–H groups in total. The van der Waals surface area contributed by atoms with Crippen molar-refractivity contribution in [1.29, 1.82) is 0 Å². The first-order chi connectivity index (χ1) is 9.34. The molecule has 3 nitrogen and oxygen atoms in total. The van der Waals surface area contributed by atoms with Crippen molar-refractivity contribution in [1.82, 2.24) is 5.32 Å². The average molecular weight is 283 g/mol. The molecule has 4 atom stereocenters. The van der Waals surface area contributed by atoms with Crippen LogP contribution in [-0.2, 0) is 4.79 Å². The van der Waals surface area contributed by atoms with Crippen LogP contribution in [0.25, 0.3) is 0 Å². The zero-order chi connectivity index (χ0) is 15.3. The van der Waals surface area contributed by atoms with Crippen LogP contribution in [0.3, 0.4) is 0 Å². The maximum Gasteiger partial charge on any atom is 0.307 e. The molecular formula is C17H33NO2. The lowest BCUT2D eigenvalue weighted by Crippen LogP contribution is -2.53. The maximum atomic E-state index is 11.4. The lowest BCUT2D eigenvalue weighted by Gasteiger charge is -2.47. The molecule has 0 radical (unpaired) electrons. The minimum absolute atomic E-state index is 0.134. The molecule has 1 aliphatic rings. The number of aliphatic carboxylic acids is 1. The first-order valence-corrected chi connectivity index (χ1v) is 8.33. The molecule has 0 bridgehead atoms. The second kappa shape index (κ2) is 7.44. The molecule has 1 saturated carbocycles. The molecule has 1 rings (SSSR count). The van der Waals surface area contributed by atoms with Gasteiger partial charge in [-0.15, -0.1) is 0 Å². The molecule has 0 aromatic carbocycles. The fraction of sp³-hybridized carbons (Fsp3) is 0.941. The van der Waals surface area contributed by atoms with Crippen LogP contribution in [0, 0.1) is 17.3 Å². The number of nitrogens with one attached hydrogen (secondary N) is 1. The summed E-state index contributed by atoms with van der Waals surface area (Å²) >= 11 is 0. The van der Waals surface area contributed by atoms with Crippen molar-refractivity contribution in [3.63, 3.8) is 0 Å². The first-order valence-electron chi connectivity index (χ1n) is 8.33. The fourth-order valence-electron chi connectivity index (χ4n) is 3.63. The van der Waals surface area contributed by atoms with E-state index < -0.39 is 5.97 Å². The van der Waals surface area contributed by atoms with Crippen molar-refractivity contribution >= 4 is 5.97 Å². The van der Waals surface area contributed by atoms with Crippen LogP contribution in [0.4, 0.5) is 0 Å². The van der Waals surface area contributed by atoms with E-state index in [-0.39, 0.29) is 11.3 Å². The summed E-state index contributed by atoms with van der Waals surface area (Å²) in [6.45, 7) is 10.9. The lowest BCUT2D eigenvalue weighted by atomic mass is 9.61. The second-order valence-corrected chi connectivity index (χ2v) is 7.10. The third-order valence-corrected chi connectivity index (χ3v) is 5.59. The Bertz CT molecular complexity index is 314. The second-order valence-electron chi connectivity index (χ2n) is 7.10. The summed E-state index contributed by atoms with van der Waals surface area (Å²) in [5, 5.41) is 13.2. The van der Waals surface area contributed by atoms with Gasteiger partial charge in [0, 0.05) is 12.1 Å². The monoisotopic (exact) mass is 283 g/mol. The molecule has 0 spiro atoms. The molecule has 4 unspecified atom stereocenters. The first kappa shape index (κ1) is 17.5. The predicted octanol–water partition coefficient (Wildman–Crippen LogP) is 4.07. The topological polar surface area (TPSA) is 49.3 Å². The summed E-state index contributed by atoms with van der Waals surface area (Å²) in [5.74, 6) is -0.433. The van der Waals surface area contributed by atoms with Crippen LogP contribution < -0.4 is 5.32 Å². The number of carboxylic acid groups (broad SMARTS) is 1. The van der Waals surface area contributed by atoms with Crippen LogP contribution in [0.1, 0.15) is 73.1 Å². The van der Waals surface area contributed by atoms with Crippen molar-refractivity contribution in [2.45, 2.75) is 85.2 Å². The van der Waals surface area contributed by atoms with E-state index in [9.17, 15) is 9.90 Å². The van der Waals surface area contributed by atoms with E-state index >= 15 is 0 Å². The molecular weight excluding hydrogens is 250 g/mol. The normalized spacial score (nSPS) is 30.9. The Balaban J connectivity index is 2.67. The van der Waals surface area contributed by atoms with Gasteiger partial charge < -0.3 is 10.4 Å². The van der Waals surface area contributed by atoms with E-state index in [2.05, 4.69) is 39.9 Å². The highest BCUT2D eigenvalue weighted by molar-refractivity contribution is 5.71.